The van der Waals surface area contributed by atoms with Gasteiger partial charge in [0.1, 0.15) is 0 Å². The zero-order valence-corrected chi connectivity index (χ0v) is 21.7. The highest BCUT2D eigenvalue weighted by Crippen LogP contribution is 2.62. The van der Waals surface area contributed by atoms with Crippen LogP contribution in [0.3, 0.4) is 0 Å². The standard InChI is InChI=1S/C37H26N2/c1-3-4-12-27-24(2)37(32-15-8-6-13-28(32)29-14-7-9-16-33(29)37)34-22-26(18-20-30(27)34)31-23-38-39-35-17-10-5-11-25(35)19-21-36(31)39/h3-23H,1H2,2H3/b12-4-. The molecular weight excluding hydrogens is 472 g/mol. The third kappa shape index (κ3) is 2.78. The fourth-order valence-corrected chi connectivity index (χ4v) is 7.09. The molecule has 2 heterocycles. The number of hydrogen-bond donors (Lipinski definition) is 0. The molecule has 0 saturated heterocycles. The summed E-state index contributed by atoms with van der Waals surface area (Å²) in [7, 11) is 0. The fraction of sp³-hybridized carbons (Fsp3) is 0.0541. The van der Waals surface area contributed by atoms with Gasteiger partial charge in [0.25, 0.3) is 0 Å². The van der Waals surface area contributed by atoms with Crippen LogP contribution in [-0.2, 0) is 5.41 Å². The van der Waals surface area contributed by atoms with Crippen molar-refractivity contribution >= 4 is 22.0 Å². The van der Waals surface area contributed by atoms with Crippen LogP contribution in [0.1, 0.15) is 29.2 Å². The van der Waals surface area contributed by atoms with Crippen LogP contribution in [-0.4, -0.2) is 9.61 Å². The maximum absolute atomic E-state index is 4.83. The van der Waals surface area contributed by atoms with E-state index in [1.54, 1.807) is 0 Å². The Morgan fingerprint density at radius 3 is 2.18 bits per heavy atom. The number of rotatable bonds is 3. The summed E-state index contributed by atoms with van der Waals surface area (Å²) in [6, 6.07) is 37.6. The molecule has 0 unspecified atom stereocenters. The molecule has 4 aromatic carbocycles. The molecule has 184 valence electrons. The van der Waals surface area contributed by atoms with Crippen molar-refractivity contribution in [3.63, 3.8) is 0 Å². The van der Waals surface area contributed by atoms with E-state index in [9.17, 15) is 0 Å². The maximum atomic E-state index is 4.83. The Hall–Kier alpha value is -4.95. The van der Waals surface area contributed by atoms with E-state index >= 15 is 0 Å². The first-order valence-electron chi connectivity index (χ1n) is 13.4. The van der Waals surface area contributed by atoms with Crippen LogP contribution in [0.2, 0.25) is 0 Å². The minimum atomic E-state index is -0.338. The molecule has 2 heteroatoms. The summed E-state index contributed by atoms with van der Waals surface area (Å²) in [6.07, 6.45) is 8.15. The predicted octanol–water partition coefficient (Wildman–Crippen LogP) is 9.00. The van der Waals surface area contributed by atoms with Crippen molar-refractivity contribution in [1.29, 1.82) is 0 Å². The molecule has 39 heavy (non-hydrogen) atoms. The van der Waals surface area contributed by atoms with Gasteiger partial charge in [-0.25, -0.2) is 4.52 Å². The van der Waals surface area contributed by atoms with E-state index in [2.05, 4.69) is 133 Å². The fourth-order valence-electron chi connectivity index (χ4n) is 7.09. The highest BCUT2D eigenvalue weighted by Gasteiger charge is 2.51. The van der Waals surface area contributed by atoms with Gasteiger partial charge in [-0.15, -0.1) is 0 Å². The Balaban J connectivity index is 1.44. The zero-order valence-electron chi connectivity index (χ0n) is 21.7. The van der Waals surface area contributed by atoms with Gasteiger partial charge < -0.3 is 0 Å². The molecule has 1 spiro atoms. The predicted molar refractivity (Wildman–Crippen MR) is 162 cm³/mol. The number of para-hydroxylation sites is 1. The lowest BCUT2D eigenvalue weighted by Gasteiger charge is -2.31. The van der Waals surface area contributed by atoms with Gasteiger partial charge in [-0.3, -0.25) is 0 Å². The van der Waals surface area contributed by atoms with Crippen LogP contribution in [0.5, 0.6) is 0 Å². The molecule has 2 aromatic heterocycles. The van der Waals surface area contributed by atoms with E-state index < -0.39 is 0 Å². The van der Waals surface area contributed by atoms with Gasteiger partial charge in [0.05, 0.1) is 22.6 Å². The number of benzene rings is 4. The van der Waals surface area contributed by atoms with E-state index in [1.165, 1.54) is 55.5 Å². The van der Waals surface area contributed by atoms with E-state index in [4.69, 9.17) is 5.10 Å². The van der Waals surface area contributed by atoms with Crippen molar-refractivity contribution in [2.45, 2.75) is 12.3 Å². The average molecular weight is 499 g/mol. The normalized spacial score (nSPS) is 14.9. The topological polar surface area (TPSA) is 17.3 Å². The SMILES string of the molecule is C=C/C=C\C1=C(C)C2(c3cc(-c4cnn5c4ccc4ccccc45)ccc31)c1ccccc1-c1ccccc12. The first kappa shape index (κ1) is 22.1. The van der Waals surface area contributed by atoms with E-state index in [0.29, 0.717) is 0 Å². The Labute approximate surface area is 227 Å². The van der Waals surface area contributed by atoms with Gasteiger partial charge in [-0.05, 0) is 75.2 Å². The molecule has 0 bridgehead atoms. The summed E-state index contributed by atoms with van der Waals surface area (Å²) in [5, 5.41) is 6.02. The molecule has 2 aliphatic rings. The van der Waals surface area contributed by atoms with Crippen LogP contribution in [0, 0.1) is 0 Å². The van der Waals surface area contributed by atoms with Crippen molar-refractivity contribution < 1.29 is 0 Å². The number of nitrogens with zero attached hydrogens (tertiary/aromatic N) is 2. The summed E-state index contributed by atoms with van der Waals surface area (Å²) < 4.78 is 2.07. The zero-order chi connectivity index (χ0) is 26.1. The van der Waals surface area contributed by atoms with Gasteiger partial charge >= 0.3 is 0 Å². The van der Waals surface area contributed by atoms with Crippen LogP contribution < -0.4 is 0 Å². The van der Waals surface area contributed by atoms with Gasteiger partial charge in [0.2, 0.25) is 0 Å². The summed E-state index contributed by atoms with van der Waals surface area (Å²) in [6.45, 7) is 6.25. The van der Waals surface area contributed by atoms with Crippen molar-refractivity contribution in [1.82, 2.24) is 9.61 Å². The highest BCUT2D eigenvalue weighted by atomic mass is 15.2. The molecule has 0 atom stereocenters. The number of fused-ring (bicyclic) bond motifs is 10. The quantitative estimate of drug-likeness (QED) is 0.223. The number of aromatic nitrogens is 2. The third-order valence-electron chi connectivity index (χ3n) is 8.73. The molecule has 2 nitrogen and oxygen atoms in total. The molecule has 0 fully saturated rings. The highest BCUT2D eigenvalue weighted by molar-refractivity contribution is 5.98. The van der Waals surface area contributed by atoms with Crippen LogP contribution in [0.25, 0.3) is 44.2 Å². The van der Waals surface area contributed by atoms with Gasteiger partial charge in [0.15, 0.2) is 0 Å². The first-order chi connectivity index (χ1) is 19.2. The Bertz CT molecular complexity index is 2000. The minimum absolute atomic E-state index is 0.338. The molecule has 0 amide bonds. The molecule has 2 aliphatic carbocycles. The lowest BCUT2D eigenvalue weighted by molar-refractivity contribution is 0.767. The van der Waals surface area contributed by atoms with Gasteiger partial charge in [-0.2, -0.15) is 5.10 Å². The lowest BCUT2D eigenvalue weighted by atomic mass is 9.70. The average Bonchev–Trinajstić information content (AvgIpc) is 3.63. The largest absolute Gasteiger partial charge is 0.232 e. The molecule has 0 saturated carbocycles. The number of allylic oxidation sites excluding steroid dienone is 5. The minimum Gasteiger partial charge on any atom is -0.232 e. The maximum Gasteiger partial charge on any atom is 0.0747 e. The van der Waals surface area contributed by atoms with E-state index in [1.807, 2.05) is 12.3 Å². The second-order valence-electron chi connectivity index (χ2n) is 10.5. The summed E-state index contributed by atoms with van der Waals surface area (Å²) in [4.78, 5) is 0. The van der Waals surface area contributed by atoms with Gasteiger partial charge in [0, 0.05) is 10.9 Å². The van der Waals surface area contributed by atoms with Crippen LogP contribution in [0.15, 0.2) is 140 Å². The molecule has 0 radical (unpaired) electrons. The number of pyridine rings is 1. The van der Waals surface area contributed by atoms with E-state index in [-0.39, 0.29) is 5.41 Å². The second kappa shape index (κ2) is 8.02. The molecule has 0 N–H and O–H groups in total. The third-order valence-corrected chi connectivity index (χ3v) is 8.73. The lowest BCUT2D eigenvalue weighted by Crippen LogP contribution is -2.26. The van der Waals surface area contributed by atoms with Crippen LogP contribution in [0.4, 0.5) is 0 Å². The van der Waals surface area contributed by atoms with Crippen molar-refractivity contribution in [3.8, 4) is 22.3 Å². The van der Waals surface area contributed by atoms with Crippen LogP contribution >= 0.6 is 0 Å². The molecular formula is C37H26N2. The molecule has 8 rings (SSSR count). The molecule has 0 aliphatic heterocycles. The summed E-state index contributed by atoms with van der Waals surface area (Å²) >= 11 is 0. The first-order valence-corrected chi connectivity index (χ1v) is 13.4. The monoisotopic (exact) mass is 498 g/mol. The van der Waals surface area contributed by atoms with E-state index in [0.717, 1.165) is 16.6 Å². The Morgan fingerprint density at radius 1 is 0.692 bits per heavy atom. The number of hydrogen-bond acceptors (Lipinski definition) is 1. The summed E-state index contributed by atoms with van der Waals surface area (Å²) in [5.41, 5.74) is 14.8. The van der Waals surface area contributed by atoms with Crippen molar-refractivity contribution in [3.05, 3.63) is 162 Å². The van der Waals surface area contributed by atoms with Crippen molar-refractivity contribution in [2.24, 2.45) is 0 Å². The smallest absolute Gasteiger partial charge is 0.0747 e. The second-order valence-corrected chi connectivity index (χ2v) is 10.5. The molecule has 6 aromatic rings. The Kier molecular flexibility index (Phi) is 4.54. The summed E-state index contributed by atoms with van der Waals surface area (Å²) in [5.74, 6) is 0. The van der Waals surface area contributed by atoms with Gasteiger partial charge in [-0.1, -0.05) is 110 Å². The van der Waals surface area contributed by atoms with Crippen molar-refractivity contribution in [2.75, 3.05) is 0 Å². The Morgan fingerprint density at radius 2 is 1.41 bits per heavy atom.